The van der Waals surface area contributed by atoms with Gasteiger partial charge in [-0.2, -0.15) is 0 Å². The predicted octanol–water partition coefficient (Wildman–Crippen LogP) is 4.19. The third-order valence-electron chi connectivity index (χ3n) is 6.87. The van der Waals surface area contributed by atoms with Gasteiger partial charge in [-0.15, -0.1) is 0 Å². The minimum Gasteiger partial charge on any atom is -0.472 e. The van der Waals surface area contributed by atoms with E-state index in [4.69, 9.17) is 4.74 Å². The van der Waals surface area contributed by atoms with Gasteiger partial charge in [0, 0.05) is 36.8 Å². The summed E-state index contributed by atoms with van der Waals surface area (Å²) in [6.45, 7) is 6.11. The standard InChI is InChI=1S/C29H32FN3O4/c1-18-7-5-6-8-24(18)22-13-25-27(31-14-22)37-26(19(2)15-33(29(25)36)20(3)17-34)16-32(4)28(35)21-9-11-23(30)12-10-21/h5-14,19-20,26,34H,15-17H2,1-4H3/t19-,20-,26+/m0/s1. The van der Waals surface area contributed by atoms with Crippen LogP contribution in [0.15, 0.2) is 60.8 Å². The molecule has 4 rings (SSSR count). The fourth-order valence-corrected chi connectivity index (χ4v) is 4.53. The van der Waals surface area contributed by atoms with Gasteiger partial charge < -0.3 is 19.6 Å². The molecular weight excluding hydrogens is 473 g/mol. The van der Waals surface area contributed by atoms with E-state index in [0.29, 0.717) is 17.7 Å². The van der Waals surface area contributed by atoms with Crippen LogP contribution in [0, 0.1) is 18.7 Å². The summed E-state index contributed by atoms with van der Waals surface area (Å²) in [6, 6.07) is 14.6. The molecule has 0 bridgehead atoms. The predicted molar refractivity (Wildman–Crippen MR) is 139 cm³/mol. The molecule has 7 nitrogen and oxygen atoms in total. The number of fused-ring (bicyclic) bond motifs is 1. The zero-order chi connectivity index (χ0) is 26.7. The SMILES string of the molecule is Cc1ccccc1-c1cnc2c(c1)C(=O)N([C@@H](C)CO)C[C@H](C)[C@@H](CN(C)C(=O)c1ccc(F)cc1)O2. The summed E-state index contributed by atoms with van der Waals surface area (Å²) in [6.07, 6.45) is 1.21. The van der Waals surface area contributed by atoms with Crippen LogP contribution in [-0.4, -0.2) is 70.6 Å². The number of aryl methyl sites for hydroxylation is 1. The molecule has 2 amide bonds. The Morgan fingerprint density at radius 3 is 2.59 bits per heavy atom. The van der Waals surface area contributed by atoms with E-state index in [1.807, 2.05) is 38.1 Å². The first-order chi connectivity index (χ1) is 17.7. The summed E-state index contributed by atoms with van der Waals surface area (Å²) in [5.74, 6) is -0.922. The van der Waals surface area contributed by atoms with Gasteiger partial charge in [0.2, 0.25) is 5.88 Å². The molecule has 0 saturated heterocycles. The molecule has 37 heavy (non-hydrogen) atoms. The Morgan fingerprint density at radius 1 is 1.22 bits per heavy atom. The maximum atomic E-state index is 13.7. The number of benzene rings is 2. The second kappa shape index (κ2) is 11.1. The lowest BCUT2D eigenvalue weighted by Gasteiger charge is -2.37. The Kier molecular flexibility index (Phi) is 7.88. The average Bonchev–Trinajstić information content (AvgIpc) is 2.90. The van der Waals surface area contributed by atoms with E-state index in [2.05, 4.69) is 4.98 Å². The van der Waals surface area contributed by atoms with E-state index < -0.39 is 18.0 Å². The molecule has 0 radical (unpaired) electrons. The molecular formula is C29H32FN3O4. The van der Waals surface area contributed by atoms with Crippen molar-refractivity contribution < 1.29 is 23.8 Å². The lowest BCUT2D eigenvalue weighted by molar-refractivity contribution is 0.0313. The number of halogens is 1. The summed E-state index contributed by atoms with van der Waals surface area (Å²) < 4.78 is 19.6. The Bertz CT molecular complexity index is 1280. The lowest BCUT2D eigenvalue weighted by Crippen LogP contribution is -2.50. The van der Waals surface area contributed by atoms with Gasteiger partial charge >= 0.3 is 0 Å². The number of likely N-dealkylation sites (N-methyl/N-ethyl adjacent to an activating group) is 1. The minimum absolute atomic E-state index is 0.174. The molecule has 0 aliphatic carbocycles. The van der Waals surface area contributed by atoms with Crippen LogP contribution in [-0.2, 0) is 0 Å². The van der Waals surface area contributed by atoms with E-state index in [0.717, 1.165) is 16.7 Å². The third-order valence-corrected chi connectivity index (χ3v) is 6.87. The van der Waals surface area contributed by atoms with Crippen molar-refractivity contribution in [2.45, 2.75) is 32.9 Å². The molecule has 0 unspecified atom stereocenters. The molecule has 3 atom stereocenters. The minimum atomic E-state index is -0.480. The van der Waals surface area contributed by atoms with E-state index >= 15 is 0 Å². The maximum absolute atomic E-state index is 13.7. The maximum Gasteiger partial charge on any atom is 0.259 e. The first-order valence-electron chi connectivity index (χ1n) is 12.3. The summed E-state index contributed by atoms with van der Waals surface area (Å²) in [7, 11) is 1.66. The first-order valence-corrected chi connectivity index (χ1v) is 12.3. The van der Waals surface area contributed by atoms with Gasteiger partial charge in [0.25, 0.3) is 11.8 Å². The highest BCUT2D eigenvalue weighted by atomic mass is 19.1. The molecule has 3 aromatic rings. The number of ether oxygens (including phenoxy) is 1. The third kappa shape index (κ3) is 5.64. The van der Waals surface area contributed by atoms with Crippen LogP contribution in [0.3, 0.4) is 0 Å². The Hall–Kier alpha value is -3.78. The normalized spacial score (nSPS) is 18.3. The quantitative estimate of drug-likeness (QED) is 0.543. The molecule has 1 N–H and O–H groups in total. The van der Waals surface area contributed by atoms with Gasteiger partial charge in [-0.3, -0.25) is 9.59 Å². The van der Waals surface area contributed by atoms with Crippen LogP contribution >= 0.6 is 0 Å². The topological polar surface area (TPSA) is 83.0 Å². The average molecular weight is 506 g/mol. The molecule has 1 aliphatic heterocycles. The van der Waals surface area contributed by atoms with E-state index in [1.165, 1.54) is 29.2 Å². The number of nitrogens with zero attached hydrogens (tertiary/aromatic N) is 3. The van der Waals surface area contributed by atoms with Crippen molar-refractivity contribution in [1.82, 2.24) is 14.8 Å². The fourth-order valence-electron chi connectivity index (χ4n) is 4.53. The summed E-state index contributed by atoms with van der Waals surface area (Å²) in [5.41, 5.74) is 3.49. The van der Waals surface area contributed by atoms with Gasteiger partial charge in [-0.1, -0.05) is 31.2 Å². The largest absolute Gasteiger partial charge is 0.472 e. The van der Waals surface area contributed by atoms with Gasteiger partial charge in [-0.05, 0) is 55.3 Å². The van der Waals surface area contributed by atoms with E-state index in [1.54, 1.807) is 31.1 Å². The first kappa shape index (κ1) is 26.3. The molecule has 194 valence electrons. The number of rotatable bonds is 6. The molecule has 8 heteroatoms. The van der Waals surface area contributed by atoms with Gasteiger partial charge in [0.05, 0.1) is 19.2 Å². The van der Waals surface area contributed by atoms with Crippen LogP contribution in [0.1, 0.15) is 40.1 Å². The zero-order valence-corrected chi connectivity index (χ0v) is 21.5. The molecule has 0 spiro atoms. The number of aromatic nitrogens is 1. The summed E-state index contributed by atoms with van der Waals surface area (Å²) in [5, 5.41) is 9.88. The molecule has 2 heterocycles. The summed E-state index contributed by atoms with van der Waals surface area (Å²) >= 11 is 0. The van der Waals surface area contributed by atoms with Crippen molar-refractivity contribution in [3.05, 3.63) is 83.3 Å². The molecule has 1 aliphatic rings. The van der Waals surface area contributed by atoms with Gasteiger partial charge in [0.1, 0.15) is 17.5 Å². The zero-order valence-electron chi connectivity index (χ0n) is 21.5. The van der Waals surface area contributed by atoms with Crippen molar-refractivity contribution >= 4 is 11.8 Å². The second-order valence-electron chi connectivity index (χ2n) is 9.71. The number of amides is 2. The van der Waals surface area contributed by atoms with E-state index in [-0.39, 0.29) is 36.8 Å². The van der Waals surface area contributed by atoms with Crippen molar-refractivity contribution in [3.8, 4) is 17.0 Å². The van der Waals surface area contributed by atoms with Crippen molar-refractivity contribution in [3.63, 3.8) is 0 Å². The van der Waals surface area contributed by atoms with Crippen LogP contribution in [0.2, 0.25) is 0 Å². The highest BCUT2D eigenvalue weighted by molar-refractivity contribution is 5.98. The number of hydrogen-bond donors (Lipinski definition) is 1. The Balaban J connectivity index is 1.68. The molecule has 0 saturated carbocycles. The van der Waals surface area contributed by atoms with Crippen molar-refractivity contribution in [1.29, 1.82) is 0 Å². The van der Waals surface area contributed by atoms with Gasteiger partial charge in [-0.25, -0.2) is 9.37 Å². The molecule has 2 aromatic carbocycles. The number of pyridine rings is 1. The van der Waals surface area contributed by atoms with Crippen molar-refractivity contribution in [2.75, 3.05) is 26.7 Å². The number of hydrogen-bond acceptors (Lipinski definition) is 5. The highest BCUT2D eigenvalue weighted by Crippen LogP contribution is 2.31. The Morgan fingerprint density at radius 2 is 1.92 bits per heavy atom. The lowest BCUT2D eigenvalue weighted by atomic mass is 9.98. The highest BCUT2D eigenvalue weighted by Gasteiger charge is 2.35. The van der Waals surface area contributed by atoms with Crippen molar-refractivity contribution in [2.24, 2.45) is 5.92 Å². The van der Waals surface area contributed by atoms with E-state index in [9.17, 15) is 19.1 Å². The van der Waals surface area contributed by atoms with Crippen LogP contribution in [0.4, 0.5) is 4.39 Å². The smallest absolute Gasteiger partial charge is 0.259 e. The second-order valence-corrected chi connectivity index (χ2v) is 9.71. The van der Waals surface area contributed by atoms with Crippen LogP contribution in [0.25, 0.3) is 11.1 Å². The Labute approximate surface area is 216 Å². The number of carbonyl (C=O) groups excluding carboxylic acids is 2. The molecule has 0 fully saturated rings. The van der Waals surface area contributed by atoms with Crippen LogP contribution in [0.5, 0.6) is 5.88 Å². The monoisotopic (exact) mass is 505 g/mol. The van der Waals surface area contributed by atoms with Crippen LogP contribution < -0.4 is 4.74 Å². The number of aliphatic hydroxyl groups is 1. The summed E-state index contributed by atoms with van der Waals surface area (Å²) in [4.78, 5) is 34.3. The fraction of sp³-hybridized carbons (Fsp3) is 0.345. The van der Waals surface area contributed by atoms with Gasteiger partial charge in [0.15, 0.2) is 0 Å². The molecule has 1 aromatic heterocycles. The number of carbonyl (C=O) groups is 2. The number of aliphatic hydroxyl groups excluding tert-OH is 1.